The van der Waals surface area contributed by atoms with Crippen LogP contribution in [0, 0.1) is 6.92 Å². The Morgan fingerprint density at radius 2 is 2.29 bits per heavy atom. The predicted octanol–water partition coefficient (Wildman–Crippen LogP) is 3.18. The molecule has 0 fully saturated rings. The fourth-order valence-corrected chi connectivity index (χ4v) is 2.79. The van der Waals surface area contributed by atoms with Crippen LogP contribution in [0.1, 0.15) is 14.5 Å². The summed E-state index contributed by atoms with van der Waals surface area (Å²) < 4.78 is 1.98. The lowest BCUT2D eigenvalue weighted by atomic mass is 10.1. The molecule has 0 aliphatic carbocycles. The molecule has 4 heteroatoms. The van der Waals surface area contributed by atoms with Crippen molar-refractivity contribution in [2.75, 3.05) is 0 Å². The summed E-state index contributed by atoms with van der Waals surface area (Å²) in [5, 5.41) is 0. The quantitative estimate of drug-likeness (QED) is 0.647. The SMILES string of the molecule is Cc1sc(C=O)cc1-c1ccc2nccn2c1. The Balaban J connectivity index is 2.18. The molecule has 0 amide bonds. The van der Waals surface area contributed by atoms with Gasteiger partial charge in [-0.2, -0.15) is 0 Å². The Labute approximate surface area is 102 Å². The number of hydrogen-bond donors (Lipinski definition) is 0. The Morgan fingerprint density at radius 1 is 1.41 bits per heavy atom. The van der Waals surface area contributed by atoms with Crippen molar-refractivity contribution >= 4 is 23.3 Å². The average molecular weight is 242 g/mol. The molecule has 0 saturated heterocycles. The van der Waals surface area contributed by atoms with Gasteiger partial charge in [0.1, 0.15) is 5.65 Å². The van der Waals surface area contributed by atoms with E-state index in [2.05, 4.69) is 4.98 Å². The first-order chi connectivity index (χ1) is 8.28. The lowest BCUT2D eigenvalue weighted by Crippen LogP contribution is -1.85. The number of hydrogen-bond acceptors (Lipinski definition) is 3. The molecule has 0 radical (unpaired) electrons. The van der Waals surface area contributed by atoms with E-state index >= 15 is 0 Å². The molecule has 0 N–H and O–H groups in total. The molecule has 0 aliphatic rings. The van der Waals surface area contributed by atoms with Gasteiger partial charge >= 0.3 is 0 Å². The molecule has 0 spiro atoms. The number of fused-ring (bicyclic) bond motifs is 1. The van der Waals surface area contributed by atoms with Crippen LogP contribution in [0.15, 0.2) is 36.8 Å². The third-order valence-corrected chi connectivity index (χ3v) is 3.73. The number of carbonyl (C=O) groups is 1. The predicted molar refractivity (Wildman–Crippen MR) is 68.6 cm³/mol. The molecular weight excluding hydrogens is 232 g/mol. The molecule has 0 unspecified atom stereocenters. The normalized spacial score (nSPS) is 10.9. The molecule has 17 heavy (non-hydrogen) atoms. The Morgan fingerprint density at radius 3 is 3.06 bits per heavy atom. The van der Waals surface area contributed by atoms with E-state index < -0.39 is 0 Å². The number of aryl methyl sites for hydroxylation is 1. The maximum atomic E-state index is 10.8. The van der Waals surface area contributed by atoms with Crippen molar-refractivity contribution in [3.05, 3.63) is 46.5 Å². The summed E-state index contributed by atoms with van der Waals surface area (Å²) in [6, 6.07) is 5.95. The third kappa shape index (κ3) is 1.66. The first kappa shape index (κ1) is 10.2. The van der Waals surface area contributed by atoms with Crippen molar-refractivity contribution in [1.82, 2.24) is 9.38 Å². The molecule has 3 aromatic heterocycles. The maximum Gasteiger partial charge on any atom is 0.160 e. The van der Waals surface area contributed by atoms with Crippen LogP contribution in [0.25, 0.3) is 16.8 Å². The van der Waals surface area contributed by atoms with Gasteiger partial charge in [-0.3, -0.25) is 4.79 Å². The van der Waals surface area contributed by atoms with E-state index in [0.29, 0.717) is 0 Å². The van der Waals surface area contributed by atoms with Crippen molar-refractivity contribution < 1.29 is 4.79 Å². The zero-order valence-electron chi connectivity index (χ0n) is 9.25. The van der Waals surface area contributed by atoms with Crippen molar-refractivity contribution in [3.8, 4) is 11.1 Å². The molecule has 3 rings (SSSR count). The molecular formula is C13H10N2OS. The summed E-state index contributed by atoms with van der Waals surface area (Å²) in [4.78, 5) is 16.9. The Hall–Kier alpha value is -1.94. The van der Waals surface area contributed by atoms with Crippen LogP contribution in [-0.4, -0.2) is 15.7 Å². The summed E-state index contributed by atoms with van der Waals surface area (Å²) in [5.74, 6) is 0. The lowest BCUT2D eigenvalue weighted by molar-refractivity contribution is 0.112. The summed E-state index contributed by atoms with van der Waals surface area (Å²) >= 11 is 1.52. The van der Waals surface area contributed by atoms with Gasteiger partial charge in [0.05, 0.1) is 4.88 Å². The van der Waals surface area contributed by atoms with E-state index in [-0.39, 0.29) is 0 Å². The van der Waals surface area contributed by atoms with E-state index in [1.54, 1.807) is 6.20 Å². The second-order valence-corrected chi connectivity index (χ2v) is 5.13. The van der Waals surface area contributed by atoms with E-state index in [9.17, 15) is 4.79 Å². The van der Waals surface area contributed by atoms with Crippen molar-refractivity contribution in [3.63, 3.8) is 0 Å². The van der Waals surface area contributed by atoms with Gasteiger partial charge in [-0.15, -0.1) is 11.3 Å². The fourth-order valence-electron chi connectivity index (χ4n) is 1.93. The van der Waals surface area contributed by atoms with Crippen LogP contribution in [0.2, 0.25) is 0 Å². The molecule has 0 saturated carbocycles. The highest BCUT2D eigenvalue weighted by atomic mass is 32.1. The summed E-state index contributed by atoms with van der Waals surface area (Å²) in [6.07, 6.45) is 6.63. The first-order valence-electron chi connectivity index (χ1n) is 5.26. The maximum absolute atomic E-state index is 10.8. The van der Waals surface area contributed by atoms with E-state index in [1.165, 1.54) is 11.3 Å². The highest BCUT2D eigenvalue weighted by Gasteiger charge is 2.08. The van der Waals surface area contributed by atoms with Crippen molar-refractivity contribution in [2.45, 2.75) is 6.92 Å². The monoisotopic (exact) mass is 242 g/mol. The van der Waals surface area contributed by atoms with Gasteiger partial charge < -0.3 is 4.40 Å². The van der Waals surface area contributed by atoms with Gasteiger partial charge in [-0.1, -0.05) is 0 Å². The molecule has 0 atom stereocenters. The van der Waals surface area contributed by atoms with Crippen LogP contribution in [-0.2, 0) is 0 Å². The minimum absolute atomic E-state index is 0.767. The van der Waals surface area contributed by atoms with Gasteiger partial charge in [0.25, 0.3) is 0 Å². The lowest BCUT2D eigenvalue weighted by Gasteiger charge is -2.01. The Kier molecular flexibility index (Phi) is 2.30. The number of aromatic nitrogens is 2. The van der Waals surface area contributed by atoms with Gasteiger partial charge in [0.2, 0.25) is 0 Å². The first-order valence-corrected chi connectivity index (χ1v) is 6.08. The van der Waals surface area contributed by atoms with Gasteiger partial charge in [-0.05, 0) is 36.2 Å². The van der Waals surface area contributed by atoms with Crippen LogP contribution >= 0.6 is 11.3 Å². The highest BCUT2D eigenvalue weighted by molar-refractivity contribution is 7.14. The topological polar surface area (TPSA) is 34.4 Å². The standard InChI is InChI=1S/C13H10N2OS/c1-9-12(6-11(8-16)17-9)10-2-3-13-14-4-5-15(13)7-10/h2-8H,1H3. The fraction of sp³-hybridized carbons (Fsp3) is 0.0769. The van der Waals surface area contributed by atoms with Crippen molar-refractivity contribution in [2.24, 2.45) is 0 Å². The highest BCUT2D eigenvalue weighted by Crippen LogP contribution is 2.30. The number of nitrogens with zero attached hydrogens (tertiary/aromatic N) is 2. The number of rotatable bonds is 2. The second-order valence-electron chi connectivity index (χ2n) is 3.85. The van der Waals surface area contributed by atoms with Crippen LogP contribution in [0.4, 0.5) is 0 Å². The van der Waals surface area contributed by atoms with E-state index in [1.807, 2.05) is 41.9 Å². The van der Waals surface area contributed by atoms with Gasteiger partial charge in [0, 0.05) is 23.5 Å². The smallest absolute Gasteiger partial charge is 0.160 e. The third-order valence-electron chi connectivity index (χ3n) is 2.75. The number of imidazole rings is 1. The molecule has 3 heterocycles. The van der Waals surface area contributed by atoms with E-state index in [4.69, 9.17) is 0 Å². The average Bonchev–Trinajstić information content (AvgIpc) is 2.93. The molecule has 3 nitrogen and oxygen atoms in total. The van der Waals surface area contributed by atoms with Crippen molar-refractivity contribution in [1.29, 1.82) is 0 Å². The molecule has 84 valence electrons. The van der Waals surface area contributed by atoms with Gasteiger partial charge in [0.15, 0.2) is 6.29 Å². The van der Waals surface area contributed by atoms with Crippen LogP contribution in [0.3, 0.4) is 0 Å². The van der Waals surface area contributed by atoms with E-state index in [0.717, 1.165) is 32.8 Å². The minimum Gasteiger partial charge on any atom is -0.306 e. The zero-order chi connectivity index (χ0) is 11.8. The minimum atomic E-state index is 0.767. The largest absolute Gasteiger partial charge is 0.306 e. The summed E-state index contributed by atoms with van der Waals surface area (Å²) in [5.41, 5.74) is 3.15. The number of thiophene rings is 1. The molecule has 0 aliphatic heterocycles. The molecule has 0 aromatic carbocycles. The summed E-state index contributed by atoms with van der Waals surface area (Å²) in [6.45, 7) is 2.03. The van der Waals surface area contributed by atoms with Gasteiger partial charge in [-0.25, -0.2) is 4.98 Å². The number of pyridine rings is 1. The number of carbonyl (C=O) groups excluding carboxylic acids is 1. The number of aldehydes is 1. The Bertz CT molecular complexity index is 696. The molecule has 3 aromatic rings. The van der Waals surface area contributed by atoms with Crippen LogP contribution < -0.4 is 0 Å². The molecule has 0 bridgehead atoms. The second kappa shape index (κ2) is 3.82. The summed E-state index contributed by atoms with van der Waals surface area (Å²) in [7, 11) is 0. The van der Waals surface area contributed by atoms with Crippen LogP contribution in [0.5, 0.6) is 0 Å². The zero-order valence-corrected chi connectivity index (χ0v) is 10.1.